The average molecular weight is 467 g/mol. The third-order valence-corrected chi connectivity index (χ3v) is 5.08. The van der Waals surface area contributed by atoms with Gasteiger partial charge in [-0.15, -0.1) is 0 Å². The van der Waals surface area contributed by atoms with Gasteiger partial charge < -0.3 is 19.8 Å². The lowest BCUT2D eigenvalue weighted by Gasteiger charge is -2.13. The molecule has 0 saturated heterocycles. The third kappa shape index (κ3) is 4.59. The lowest BCUT2D eigenvalue weighted by atomic mass is 10.1. The van der Waals surface area contributed by atoms with Gasteiger partial charge in [-0.1, -0.05) is 18.2 Å². The summed E-state index contributed by atoms with van der Waals surface area (Å²) in [6.45, 7) is 2.58. The molecule has 0 atom stereocenters. The maximum atomic E-state index is 12.5. The first-order valence-corrected chi connectivity index (χ1v) is 10.3. The van der Waals surface area contributed by atoms with E-state index in [1.54, 1.807) is 12.1 Å². The van der Waals surface area contributed by atoms with Crippen molar-refractivity contribution in [1.82, 2.24) is 14.5 Å². The highest BCUT2D eigenvalue weighted by atomic mass is 19.4. The van der Waals surface area contributed by atoms with Crippen LogP contribution in [0.4, 0.5) is 19.0 Å². The predicted octanol–water partition coefficient (Wildman–Crippen LogP) is 5.87. The zero-order chi connectivity index (χ0) is 24.5. The number of alkyl halides is 3. The molecule has 2 aromatic heterocycles. The molecule has 10 heteroatoms. The minimum Gasteiger partial charge on any atom is -0.483 e. The van der Waals surface area contributed by atoms with E-state index in [4.69, 9.17) is 15.2 Å². The zero-order valence-electron chi connectivity index (χ0n) is 18.3. The van der Waals surface area contributed by atoms with Gasteiger partial charge in [0.1, 0.15) is 46.7 Å². The summed E-state index contributed by atoms with van der Waals surface area (Å²) in [6, 6.07) is 13.3. The highest BCUT2D eigenvalue weighted by Gasteiger charge is 2.29. The standard InChI is InChI=1S/C24H20F3N5O2/c1-14(2)32-11-18(21-22(29)30-13-31-23(21)32)15-6-8-16(9-7-15)34-20-5-3-4-19(17(20)10-28)33-12-24(25,26)27/h3-9,11,13-14H,12H2,1-2H3,(H2,29,30,31). The number of aromatic nitrogens is 3. The van der Waals surface area contributed by atoms with Gasteiger partial charge in [0, 0.05) is 17.8 Å². The van der Waals surface area contributed by atoms with Crippen LogP contribution in [-0.4, -0.2) is 27.3 Å². The van der Waals surface area contributed by atoms with Crippen LogP contribution in [0.5, 0.6) is 17.2 Å². The molecule has 4 aromatic rings. The quantitative estimate of drug-likeness (QED) is 0.381. The van der Waals surface area contributed by atoms with Crippen molar-refractivity contribution in [3.63, 3.8) is 0 Å². The van der Waals surface area contributed by atoms with E-state index in [1.165, 1.54) is 24.5 Å². The summed E-state index contributed by atoms with van der Waals surface area (Å²) in [6.07, 6.45) is -1.13. The van der Waals surface area contributed by atoms with Crippen molar-refractivity contribution >= 4 is 16.9 Å². The fraction of sp³-hybridized carbons (Fsp3) is 0.208. The number of benzene rings is 2. The number of hydrogen-bond donors (Lipinski definition) is 1. The number of rotatable bonds is 6. The first kappa shape index (κ1) is 22.9. The van der Waals surface area contributed by atoms with E-state index in [2.05, 4.69) is 9.97 Å². The fourth-order valence-corrected chi connectivity index (χ4v) is 3.54. The summed E-state index contributed by atoms with van der Waals surface area (Å²) in [5.74, 6) is 0.647. The molecule has 0 aliphatic carbocycles. The largest absolute Gasteiger partial charge is 0.483 e. The molecule has 2 N–H and O–H groups in total. The number of fused-ring (bicyclic) bond motifs is 1. The molecule has 4 rings (SSSR count). The van der Waals surface area contributed by atoms with Gasteiger partial charge in [0.15, 0.2) is 6.61 Å². The number of halogens is 3. The summed E-state index contributed by atoms with van der Waals surface area (Å²) in [5.41, 5.74) is 8.44. The van der Waals surface area contributed by atoms with Crippen LogP contribution >= 0.6 is 0 Å². The third-order valence-electron chi connectivity index (χ3n) is 5.08. The van der Waals surface area contributed by atoms with Crippen molar-refractivity contribution < 1.29 is 22.6 Å². The number of hydrogen-bond acceptors (Lipinski definition) is 6. The summed E-state index contributed by atoms with van der Waals surface area (Å²) in [7, 11) is 0. The van der Waals surface area contributed by atoms with Gasteiger partial charge in [-0.25, -0.2) is 9.97 Å². The van der Waals surface area contributed by atoms with Gasteiger partial charge >= 0.3 is 6.18 Å². The maximum absolute atomic E-state index is 12.5. The van der Waals surface area contributed by atoms with Gasteiger partial charge in [-0.3, -0.25) is 0 Å². The molecule has 0 fully saturated rings. The number of ether oxygens (including phenoxy) is 2. The summed E-state index contributed by atoms with van der Waals surface area (Å²) >= 11 is 0. The van der Waals surface area contributed by atoms with E-state index >= 15 is 0 Å². The Morgan fingerprint density at radius 3 is 2.44 bits per heavy atom. The molecular formula is C24H20F3N5O2. The molecule has 0 radical (unpaired) electrons. The van der Waals surface area contributed by atoms with Gasteiger partial charge in [-0.2, -0.15) is 18.4 Å². The zero-order valence-corrected chi connectivity index (χ0v) is 18.3. The van der Waals surface area contributed by atoms with Crippen LogP contribution in [-0.2, 0) is 0 Å². The first-order valence-electron chi connectivity index (χ1n) is 10.3. The number of anilines is 1. The summed E-state index contributed by atoms with van der Waals surface area (Å²) in [5, 5.41) is 10.2. The van der Waals surface area contributed by atoms with E-state index in [0.717, 1.165) is 22.2 Å². The minimum absolute atomic E-state index is 0.0870. The van der Waals surface area contributed by atoms with Crippen molar-refractivity contribution in [2.24, 2.45) is 0 Å². The van der Waals surface area contributed by atoms with Crippen LogP contribution in [0.1, 0.15) is 25.5 Å². The molecule has 0 bridgehead atoms. The normalized spacial score (nSPS) is 11.6. The molecule has 0 amide bonds. The lowest BCUT2D eigenvalue weighted by molar-refractivity contribution is -0.153. The van der Waals surface area contributed by atoms with E-state index in [9.17, 15) is 18.4 Å². The first-order chi connectivity index (χ1) is 16.2. The summed E-state index contributed by atoms with van der Waals surface area (Å²) in [4.78, 5) is 8.49. The summed E-state index contributed by atoms with van der Waals surface area (Å²) < 4.78 is 50.1. The Hall–Kier alpha value is -4.26. The Morgan fingerprint density at radius 1 is 1.09 bits per heavy atom. The van der Waals surface area contributed by atoms with Crippen molar-refractivity contribution in [2.45, 2.75) is 26.1 Å². The number of nitrogen functional groups attached to an aromatic ring is 1. The highest BCUT2D eigenvalue weighted by molar-refractivity contribution is 6.00. The van der Waals surface area contributed by atoms with Gasteiger partial charge in [0.25, 0.3) is 0 Å². The number of nitrogens with two attached hydrogens (primary N) is 1. The lowest BCUT2D eigenvalue weighted by Crippen LogP contribution is -2.19. The molecule has 34 heavy (non-hydrogen) atoms. The van der Waals surface area contributed by atoms with E-state index in [-0.39, 0.29) is 23.1 Å². The number of nitrogens with zero attached hydrogens (tertiary/aromatic N) is 4. The highest BCUT2D eigenvalue weighted by Crippen LogP contribution is 2.36. The van der Waals surface area contributed by atoms with Crippen LogP contribution < -0.4 is 15.2 Å². The molecule has 2 heterocycles. The second-order valence-electron chi connectivity index (χ2n) is 7.77. The Bertz CT molecular complexity index is 1370. The van der Waals surface area contributed by atoms with Crippen LogP contribution in [0, 0.1) is 11.3 Å². The Morgan fingerprint density at radius 2 is 1.79 bits per heavy atom. The molecule has 0 spiro atoms. The molecule has 0 aliphatic heterocycles. The second kappa shape index (κ2) is 8.94. The fourth-order valence-electron chi connectivity index (χ4n) is 3.54. The van der Waals surface area contributed by atoms with E-state index in [1.807, 2.05) is 42.8 Å². The van der Waals surface area contributed by atoms with E-state index < -0.39 is 12.8 Å². The average Bonchev–Trinajstić information content (AvgIpc) is 3.19. The Labute approximate surface area is 193 Å². The molecule has 174 valence electrons. The van der Waals surface area contributed by atoms with Crippen molar-refractivity contribution in [3.05, 3.63) is 60.6 Å². The maximum Gasteiger partial charge on any atom is 0.422 e. The molecule has 0 saturated carbocycles. The van der Waals surface area contributed by atoms with E-state index in [0.29, 0.717) is 11.6 Å². The van der Waals surface area contributed by atoms with Crippen molar-refractivity contribution in [3.8, 4) is 34.4 Å². The van der Waals surface area contributed by atoms with Gasteiger partial charge in [0.2, 0.25) is 0 Å². The van der Waals surface area contributed by atoms with Gasteiger partial charge in [-0.05, 0) is 43.7 Å². The SMILES string of the molecule is CC(C)n1cc(-c2ccc(Oc3cccc(OCC(F)(F)F)c3C#N)cc2)c2c(N)ncnc21. The molecule has 7 nitrogen and oxygen atoms in total. The molecular weight excluding hydrogens is 447 g/mol. The monoisotopic (exact) mass is 467 g/mol. The van der Waals surface area contributed by atoms with Crippen molar-refractivity contribution in [2.75, 3.05) is 12.3 Å². The smallest absolute Gasteiger partial charge is 0.422 e. The second-order valence-corrected chi connectivity index (χ2v) is 7.77. The van der Waals surface area contributed by atoms with Crippen LogP contribution in [0.25, 0.3) is 22.2 Å². The Kier molecular flexibility index (Phi) is 6.03. The van der Waals surface area contributed by atoms with Crippen LogP contribution in [0.2, 0.25) is 0 Å². The Balaban J connectivity index is 1.64. The predicted molar refractivity (Wildman–Crippen MR) is 121 cm³/mol. The number of nitriles is 1. The minimum atomic E-state index is -4.52. The van der Waals surface area contributed by atoms with Crippen LogP contribution in [0.15, 0.2) is 55.0 Å². The molecule has 0 aliphatic rings. The topological polar surface area (TPSA) is 99.0 Å². The molecule has 0 unspecified atom stereocenters. The van der Waals surface area contributed by atoms with Crippen molar-refractivity contribution in [1.29, 1.82) is 5.26 Å². The molecule has 2 aromatic carbocycles. The van der Waals surface area contributed by atoms with Gasteiger partial charge in [0.05, 0.1) is 5.39 Å². The van der Waals surface area contributed by atoms with Crippen LogP contribution in [0.3, 0.4) is 0 Å².